The number of amides is 1. The maximum absolute atomic E-state index is 12.2. The Balaban J connectivity index is 2.06. The molecule has 0 heterocycles. The number of carbonyl (C=O) groups is 2. The van der Waals surface area contributed by atoms with Crippen molar-refractivity contribution < 1.29 is 23.1 Å². The largest absolute Gasteiger partial charge is 0.481 e. The zero-order chi connectivity index (χ0) is 20.2. The summed E-state index contributed by atoms with van der Waals surface area (Å²) in [6.07, 6.45) is 0.0840. The van der Waals surface area contributed by atoms with E-state index in [4.69, 9.17) is 5.11 Å². The third-order valence-electron chi connectivity index (χ3n) is 4.28. The molecule has 0 saturated heterocycles. The SMILES string of the molecule is CC(C(=O)O)c1cccc(NC(=O)Cc2ccc(S(=O)(=O)C(C)C)cc2)c1. The third kappa shape index (κ3) is 5.17. The Bertz CT molecular complexity index is 933. The molecule has 0 saturated carbocycles. The lowest BCUT2D eigenvalue weighted by atomic mass is 10.0. The minimum atomic E-state index is -3.34. The van der Waals surface area contributed by atoms with Crippen LogP contribution in [0.2, 0.25) is 0 Å². The second-order valence-electron chi connectivity index (χ2n) is 6.65. The van der Waals surface area contributed by atoms with Gasteiger partial charge in [0.2, 0.25) is 5.91 Å². The highest BCUT2D eigenvalue weighted by Gasteiger charge is 2.19. The molecule has 0 aliphatic heterocycles. The van der Waals surface area contributed by atoms with Crippen molar-refractivity contribution in [3.63, 3.8) is 0 Å². The van der Waals surface area contributed by atoms with E-state index in [9.17, 15) is 18.0 Å². The van der Waals surface area contributed by atoms with Gasteiger partial charge in [0.25, 0.3) is 0 Å². The number of benzene rings is 2. The van der Waals surface area contributed by atoms with Gasteiger partial charge in [0, 0.05) is 5.69 Å². The molecule has 2 rings (SSSR count). The van der Waals surface area contributed by atoms with E-state index in [1.54, 1.807) is 57.2 Å². The van der Waals surface area contributed by atoms with E-state index in [-0.39, 0.29) is 17.2 Å². The Morgan fingerprint density at radius 2 is 1.67 bits per heavy atom. The molecule has 2 aromatic rings. The molecular weight excluding hydrogens is 366 g/mol. The van der Waals surface area contributed by atoms with Gasteiger partial charge in [0.05, 0.1) is 22.5 Å². The predicted molar refractivity (Wildman–Crippen MR) is 104 cm³/mol. The second kappa shape index (κ2) is 8.35. The molecule has 0 spiro atoms. The van der Waals surface area contributed by atoms with Crippen LogP contribution in [0.1, 0.15) is 37.8 Å². The monoisotopic (exact) mass is 389 g/mol. The Morgan fingerprint density at radius 1 is 1.04 bits per heavy atom. The molecule has 7 heteroatoms. The van der Waals surface area contributed by atoms with Gasteiger partial charge >= 0.3 is 5.97 Å². The van der Waals surface area contributed by atoms with Crippen LogP contribution in [-0.4, -0.2) is 30.7 Å². The third-order valence-corrected chi connectivity index (χ3v) is 6.45. The second-order valence-corrected chi connectivity index (χ2v) is 9.15. The van der Waals surface area contributed by atoms with Crippen molar-refractivity contribution >= 4 is 27.4 Å². The normalized spacial score (nSPS) is 12.6. The fraction of sp³-hybridized carbons (Fsp3) is 0.300. The molecule has 27 heavy (non-hydrogen) atoms. The summed E-state index contributed by atoms with van der Waals surface area (Å²) >= 11 is 0. The molecule has 1 amide bonds. The number of sulfone groups is 1. The summed E-state index contributed by atoms with van der Waals surface area (Å²) in [6.45, 7) is 4.82. The minimum absolute atomic E-state index is 0.0840. The van der Waals surface area contributed by atoms with Gasteiger partial charge in [0.1, 0.15) is 0 Å². The highest BCUT2D eigenvalue weighted by molar-refractivity contribution is 7.92. The van der Waals surface area contributed by atoms with Gasteiger partial charge in [-0.25, -0.2) is 8.42 Å². The zero-order valence-electron chi connectivity index (χ0n) is 15.5. The van der Waals surface area contributed by atoms with Crippen LogP contribution in [0.4, 0.5) is 5.69 Å². The molecule has 1 unspecified atom stereocenters. The number of nitrogens with one attached hydrogen (secondary N) is 1. The molecule has 144 valence electrons. The first-order valence-corrected chi connectivity index (χ1v) is 10.1. The number of anilines is 1. The number of carbonyl (C=O) groups excluding carboxylic acids is 1. The van der Waals surface area contributed by atoms with Crippen LogP contribution in [0.5, 0.6) is 0 Å². The molecule has 0 bridgehead atoms. The fourth-order valence-electron chi connectivity index (χ4n) is 2.49. The first-order valence-electron chi connectivity index (χ1n) is 8.56. The zero-order valence-corrected chi connectivity index (χ0v) is 16.3. The van der Waals surface area contributed by atoms with Crippen LogP contribution in [0.3, 0.4) is 0 Å². The molecule has 0 fully saturated rings. The summed E-state index contributed by atoms with van der Waals surface area (Å²) in [5.41, 5.74) is 1.80. The van der Waals surface area contributed by atoms with Gasteiger partial charge in [0.15, 0.2) is 9.84 Å². The minimum Gasteiger partial charge on any atom is -0.481 e. The standard InChI is InChI=1S/C20H23NO5S/c1-13(2)27(25,26)18-9-7-15(8-10-18)11-19(22)21-17-6-4-5-16(12-17)14(3)20(23)24/h4-10,12-14H,11H2,1-3H3,(H,21,22)(H,23,24). The van der Waals surface area contributed by atoms with Gasteiger partial charge < -0.3 is 10.4 Å². The summed E-state index contributed by atoms with van der Waals surface area (Å²) in [5, 5.41) is 11.3. The van der Waals surface area contributed by atoms with E-state index in [0.29, 0.717) is 16.8 Å². The van der Waals surface area contributed by atoms with Crippen molar-refractivity contribution in [3.8, 4) is 0 Å². The van der Waals surface area contributed by atoms with E-state index in [0.717, 1.165) is 0 Å². The topological polar surface area (TPSA) is 101 Å². The molecule has 0 aliphatic rings. The van der Waals surface area contributed by atoms with Gasteiger partial charge in [-0.3, -0.25) is 9.59 Å². The number of hydrogen-bond acceptors (Lipinski definition) is 4. The van der Waals surface area contributed by atoms with Crippen molar-refractivity contribution in [3.05, 3.63) is 59.7 Å². The lowest BCUT2D eigenvalue weighted by molar-refractivity contribution is -0.138. The van der Waals surface area contributed by atoms with Crippen LogP contribution in [0.25, 0.3) is 0 Å². The van der Waals surface area contributed by atoms with Gasteiger partial charge in [-0.2, -0.15) is 0 Å². The lowest BCUT2D eigenvalue weighted by Crippen LogP contribution is -2.16. The van der Waals surface area contributed by atoms with E-state index in [2.05, 4.69) is 5.32 Å². The van der Waals surface area contributed by atoms with E-state index < -0.39 is 27.0 Å². The van der Waals surface area contributed by atoms with Gasteiger partial charge in [-0.15, -0.1) is 0 Å². The van der Waals surface area contributed by atoms with Crippen molar-refractivity contribution in [1.29, 1.82) is 0 Å². The molecule has 0 radical (unpaired) electrons. The van der Waals surface area contributed by atoms with E-state index in [1.165, 1.54) is 12.1 Å². The average Bonchev–Trinajstić information content (AvgIpc) is 2.61. The molecule has 6 nitrogen and oxygen atoms in total. The van der Waals surface area contributed by atoms with E-state index in [1.807, 2.05) is 0 Å². The number of aliphatic carboxylic acids is 1. The predicted octanol–water partition coefficient (Wildman–Crippen LogP) is 3.24. The summed E-state index contributed by atoms with van der Waals surface area (Å²) in [5.74, 6) is -1.87. The van der Waals surface area contributed by atoms with Gasteiger partial charge in [-0.05, 0) is 56.2 Å². The Kier molecular flexibility index (Phi) is 6.38. The number of rotatable bonds is 7. The molecular formula is C20H23NO5S. The highest BCUT2D eigenvalue weighted by atomic mass is 32.2. The first-order chi connectivity index (χ1) is 12.6. The van der Waals surface area contributed by atoms with Gasteiger partial charge in [-0.1, -0.05) is 24.3 Å². The highest BCUT2D eigenvalue weighted by Crippen LogP contribution is 2.20. The number of hydrogen-bond donors (Lipinski definition) is 2. The van der Waals surface area contributed by atoms with Crippen molar-refractivity contribution in [2.75, 3.05) is 5.32 Å². The van der Waals surface area contributed by atoms with Crippen LogP contribution in [-0.2, 0) is 25.8 Å². The molecule has 0 aromatic heterocycles. The fourth-order valence-corrected chi connectivity index (χ4v) is 3.55. The molecule has 2 N–H and O–H groups in total. The van der Waals surface area contributed by atoms with Crippen LogP contribution >= 0.6 is 0 Å². The van der Waals surface area contributed by atoms with E-state index >= 15 is 0 Å². The summed E-state index contributed by atoms with van der Waals surface area (Å²) in [6, 6.07) is 13.0. The van der Waals surface area contributed by atoms with Crippen molar-refractivity contribution in [2.45, 2.75) is 43.3 Å². The molecule has 2 aromatic carbocycles. The smallest absolute Gasteiger partial charge is 0.310 e. The van der Waals surface area contributed by atoms with Crippen molar-refractivity contribution in [1.82, 2.24) is 0 Å². The Hall–Kier alpha value is -2.67. The summed E-state index contributed by atoms with van der Waals surface area (Å²) in [4.78, 5) is 23.6. The first kappa shape index (κ1) is 20.6. The Morgan fingerprint density at radius 3 is 2.22 bits per heavy atom. The van der Waals surface area contributed by atoms with Crippen molar-refractivity contribution in [2.24, 2.45) is 0 Å². The Labute approximate surface area is 159 Å². The van der Waals surface area contributed by atoms with Crippen LogP contribution < -0.4 is 5.32 Å². The van der Waals surface area contributed by atoms with Crippen LogP contribution in [0, 0.1) is 0 Å². The molecule has 1 atom stereocenters. The van der Waals surface area contributed by atoms with Crippen LogP contribution in [0.15, 0.2) is 53.4 Å². The summed E-state index contributed by atoms with van der Waals surface area (Å²) in [7, 11) is -3.34. The number of carboxylic acid groups (broad SMARTS) is 1. The molecule has 0 aliphatic carbocycles. The summed E-state index contributed by atoms with van der Waals surface area (Å²) < 4.78 is 24.2. The number of carboxylic acids is 1. The quantitative estimate of drug-likeness (QED) is 0.757. The maximum atomic E-state index is 12.2. The lowest BCUT2D eigenvalue weighted by Gasteiger charge is -2.11. The average molecular weight is 389 g/mol. The maximum Gasteiger partial charge on any atom is 0.310 e.